The zero-order valence-electron chi connectivity index (χ0n) is 13.2. The van der Waals surface area contributed by atoms with Crippen molar-refractivity contribution in [2.45, 2.75) is 13.0 Å². The zero-order chi connectivity index (χ0) is 16.1. The van der Waals surface area contributed by atoms with E-state index in [0.29, 0.717) is 5.39 Å². The van der Waals surface area contributed by atoms with Gasteiger partial charge in [0.1, 0.15) is 0 Å². The van der Waals surface area contributed by atoms with Crippen molar-refractivity contribution >= 4 is 16.6 Å². The monoisotopic (exact) mass is 311 g/mol. The summed E-state index contributed by atoms with van der Waals surface area (Å²) >= 11 is 0. The fraction of sp³-hybridized carbons (Fsp3) is 0.294. The molecule has 0 spiro atoms. The van der Waals surface area contributed by atoms with Crippen molar-refractivity contribution in [3.8, 4) is 0 Å². The predicted molar refractivity (Wildman–Crippen MR) is 92.6 cm³/mol. The van der Waals surface area contributed by atoms with Gasteiger partial charge in [-0.25, -0.2) is 5.10 Å². The Hall–Kier alpha value is -2.60. The second kappa shape index (κ2) is 7.11. The van der Waals surface area contributed by atoms with E-state index in [1.54, 1.807) is 0 Å². The number of aromatic amines is 1. The largest absolute Gasteiger partial charge is 0.368 e. The quantitative estimate of drug-likeness (QED) is 0.582. The van der Waals surface area contributed by atoms with Crippen LogP contribution in [-0.4, -0.2) is 27.9 Å². The number of hydrogen-bond acceptors (Lipinski definition) is 4. The summed E-state index contributed by atoms with van der Waals surface area (Å²) in [7, 11) is 2.05. The highest BCUT2D eigenvalue weighted by molar-refractivity contribution is 5.90. The summed E-state index contributed by atoms with van der Waals surface area (Å²) in [5.74, 6) is 0.725. The Labute approximate surface area is 134 Å². The van der Waals surface area contributed by atoms with Crippen molar-refractivity contribution in [3.63, 3.8) is 0 Å². The van der Waals surface area contributed by atoms with Crippen LogP contribution in [0.25, 0.3) is 10.8 Å². The minimum Gasteiger partial charge on any atom is -0.368 e. The molecule has 3 N–H and O–H groups in total. The van der Waals surface area contributed by atoms with Gasteiger partial charge in [0.2, 0.25) is 0 Å². The molecule has 0 aliphatic rings. The molecule has 6 heteroatoms. The fourth-order valence-corrected chi connectivity index (χ4v) is 2.57. The molecule has 0 aliphatic carbocycles. The maximum atomic E-state index is 11.7. The van der Waals surface area contributed by atoms with Crippen LogP contribution in [0, 0.1) is 0 Å². The fourth-order valence-electron chi connectivity index (χ4n) is 2.57. The number of rotatable bonds is 7. The van der Waals surface area contributed by atoms with Crippen molar-refractivity contribution < 1.29 is 0 Å². The van der Waals surface area contributed by atoms with Crippen LogP contribution in [0.3, 0.4) is 0 Å². The highest BCUT2D eigenvalue weighted by atomic mass is 16.1. The third kappa shape index (κ3) is 3.60. The summed E-state index contributed by atoms with van der Waals surface area (Å²) in [5, 5.41) is 14.9. The molecule has 0 aliphatic heterocycles. The Kier molecular flexibility index (Phi) is 4.73. The van der Waals surface area contributed by atoms with Gasteiger partial charge in [0.25, 0.3) is 5.56 Å². The smallest absolute Gasteiger partial charge is 0.272 e. The number of aryl methyl sites for hydroxylation is 1. The van der Waals surface area contributed by atoms with Crippen molar-refractivity contribution in [1.29, 1.82) is 0 Å². The molecule has 1 aromatic carbocycles. The first kappa shape index (κ1) is 15.3. The number of anilines is 1. The molecule has 2 aromatic heterocycles. The van der Waals surface area contributed by atoms with Gasteiger partial charge in [-0.05, 0) is 31.2 Å². The minimum atomic E-state index is -0.157. The average molecular weight is 311 g/mol. The van der Waals surface area contributed by atoms with E-state index in [4.69, 9.17) is 0 Å². The van der Waals surface area contributed by atoms with Crippen LogP contribution < -0.4 is 16.2 Å². The number of H-pyrrole nitrogens is 1. The zero-order valence-corrected chi connectivity index (χ0v) is 13.2. The number of nitrogens with zero attached hydrogens (tertiary/aromatic N) is 2. The maximum Gasteiger partial charge on any atom is 0.272 e. The first-order valence-electron chi connectivity index (χ1n) is 7.78. The van der Waals surface area contributed by atoms with Crippen LogP contribution in [-0.2, 0) is 13.6 Å². The molecule has 120 valence electrons. The average Bonchev–Trinajstić information content (AvgIpc) is 2.98. The first-order chi connectivity index (χ1) is 11.3. The van der Waals surface area contributed by atoms with Crippen molar-refractivity contribution in [3.05, 3.63) is 58.6 Å². The molecule has 3 rings (SSSR count). The van der Waals surface area contributed by atoms with Crippen LogP contribution in [0.15, 0.2) is 47.4 Å². The summed E-state index contributed by atoms with van der Waals surface area (Å²) in [6, 6.07) is 11.6. The van der Waals surface area contributed by atoms with E-state index < -0.39 is 0 Å². The summed E-state index contributed by atoms with van der Waals surface area (Å²) in [6.07, 6.45) is 3.02. The molecule has 0 unspecified atom stereocenters. The van der Waals surface area contributed by atoms with Gasteiger partial charge < -0.3 is 15.2 Å². The van der Waals surface area contributed by atoms with Crippen LogP contribution in [0.1, 0.15) is 12.1 Å². The molecule has 0 atom stereocenters. The van der Waals surface area contributed by atoms with Crippen molar-refractivity contribution in [1.82, 2.24) is 20.1 Å². The second-order valence-corrected chi connectivity index (χ2v) is 5.51. The highest BCUT2D eigenvalue weighted by Crippen LogP contribution is 2.16. The molecule has 6 nitrogen and oxygen atoms in total. The third-order valence-electron chi connectivity index (χ3n) is 3.88. The summed E-state index contributed by atoms with van der Waals surface area (Å²) < 4.78 is 2.11. The standard InChI is InChI=1S/C17H21N5O/c1-22-11-4-6-13(22)12-18-9-5-10-19-16-14-7-2-3-8-15(14)17(23)21-20-16/h2-4,6-8,11,18H,5,9-10,12H2,1H3,(H,19,20)(H,21,23). The van der Waals surface area contributed by atoms with Crippen LogP contribution >= 0.6 is 0 Å². The molecule has 0 amide bonds. The molecule has 0 bridgehead atoms. The lowest BCUT2D eigenvalue weighted by Crippen LogP contribution is -2.19. The van der Waals surface area contributed by atoms with E-state index in [-0.39, 0.29) is 5.56 Å². The number of nitrogens with one attached hydrogen (secondary N) is 3. The van der Waals surface area contributed by atoms with Crippen LogP contribution in [0.5, 0.6) is 0 Å². The van der Waals surface area contributed by atoms with E-state index in [9.17, 15) is 4.79 Å². The molecule has 0 saturated heterocycles. The van der Waals surface area contributed by atoms with E-state index in [2.05, 4.69) is 31.5 Å². The summed E-state index contributed by atoms with van der Waals surface area (Å²) in [4.78, 5) is 11.7. The summed E-state index contributed by atoms with van der Waals surface area (Å²) in [6.45, 7) is 2.58. The molecule has 0 fully saturated rings. The van der Waals surface area contributed by atoms with Gasteiger partial charge in [0.15, 0.2) is 5.82 Å². The van der Waals surface area contributed by atoms with E-state index in [1.165, 1.54) is 5.69 Å². The number of hydrogen-bond donors (Lipinski definition) is 3. The molecule has 0 radical (unpaired) electrons. The number of fused-ring (bicyclic) bond motifs is 1. The topological polar surface area (TPSA) is 74.7 Å². The van der Waals surface area contributed by atoms with Gasteiger partial charge in [-0.1, -0.05) is 18.2 Å². The van der Waals surface area contributed by atoms with E-state index in [1.807, 2.05) is 43.6 Å². The lowest BCUT2D eigenvalue weighted by atomic mass is 10.2. The lowest BCUT2D eigenvalue weighted by Gasteiger charge is -2.09. The number of benzene rings is 1. The minimum absolute atomic E-state index is 0.157. The highest BCUT2D eigenvalue weighted by Gasteiger charge is 2.04. The van der Waals surface area contributed by atoms with Gasteiger partial charge in [-0.2, -0.15) is 5.10 Å². The summed E-state index contributed by atoms with van der Waals surface area (Å²) in [5.41, 5.74) is 1.11. The van der Waals surface area contributed by atoms with Crippen molar-refractivity contribution in [2.75, 3.05) is 18.4 Å². The Balaban J connectivity index is 1.49. The maximum absolute atomic E-state index is 11.7. The normalized spacial score (nSPS) is 11.0. The molecule has 2 heterocycles. The molecule has 0 saturated carbocycles. The van der Waals surface area contributed by atoms with E-state index in [0.717, 1.165) is 37.3 Å². The van der Waals surface area contributed by atoms with Gasteiger partial charge in [-0.15, -0.1) is 0 Å². The van der Waals surface area contributed by atoms with Gasteiger partial charge in [0, 0.05) is 37.4 Å². The third-order valence-corrected chi connectivity index (χ3v) is 3.88. The molecular formula is C17H21N5O. The van der Waals surface area contributed by atoms with Gasteiger partial charge >= 0.3 is 0 Å². The number of aromatic nitrogens is 3. The molecule has 23 heavy (non-hydrogen) atoms. The Bertz CT molecular complexity index is 836. The van der Waals surface area contributed by atoms with Crippen molar-refractivity contribution in [2.24, 2.45) is 7.05 Å². The second-order valence-electron chi connectivity index (χ2n) is 5.51. The predicted octanol–water partition coefficient (Wildman–Crippen LogP) is 1.85. The lowest BCUT2D eigenvalue weighted by molar-refractivity contribution is 0.635. The Morgan fingerprint density at radius 2 is 1.96 bits per heavy atom. The van der Waals surface area contributed by atoms with Gasteiger partial charge in [-0.3, -0.25) is 4.79 Å². The SMILES string of the molecule is Cn1cccc1CNCCCNc1n[nH]c(=O)c2ccccc12. The molecule has 3 aromatic rings. The van der Waals surface area contributed by atoms with E-state index >= 15 is 0 Å². The van der Waals surface area contributed by atoms with Gasteiger partial charge in [0.05, 0.1) is 5.39 Å². The van der Waals surface area contributed by atoms with Crippen LogP contribution in [0.4, 0.5) is 5.82 Å². The Morgan fingerprint density at radius 3 is 2.74 bits per heavy atom. The van der Waals surface area contributed by atoms with Crippen LogP contribution in [0.2, 0.25) is 0 Å². The first-order valence-corrected chi connectivity index (χ1v) is 7.78. The molecular weight excluding hydrogens is 290 g/mol. The Morgan fingerprint density at radius 1 is 1.13 bits per heavy atom.